The zero-order chi connectivity index (χ0) is 22.8. The quantitative estimate of drug-likeness (QED) is 0.491. The van der Waals surface area contributed by atoms with Gasteiger partial charge in [-0.05, 0) is 35.7 Å². The van der Waals surface area contributed by atoms with Gasteiger partial charge in [-0.3, -0.25) is 14.3 Å². The van der Waals surface area contributed by atoms with Crippen LogP contribution in [0.3, 0.4) is 0 Å². The lowest BCUT2D eigenvalue weighted by Crippen LogP contribution is -2.25. The highest BCUT2D eigenvalue weighted by Gasteiger charge is 2.23. The first-order chi connectivity index (χ1) is 16.1. The van der Waals surface area contributed by atoms with Crippen molar-refractivity contribution in [3.05, 3.63) is 102 Å². The molecule has 0 saturated heterocycles. The van der Waals surface area contributed by atoms with Gasteiger partial charge >= 0.3 is 0 Å². The lowest BCUT2D eigenvalue weighted by Gasteiger charge is -2.15. The first-order valence-electron chi connectivity index (χ1n) is 11.0. The third kappa shape index (κ3) is 4.28. The van der Waals surface area contributed by atoms with Gasteiger partial charge in [0.1, 0.15) is 5.69 Å². The molecule has 33 heavy (non-hydrogen) atoms. The standard InChI is InChI=1S/C27H24N4O2/c1-19(32)31-15-14-22-16-23(12-13-25(22)31)28-27(33)24-18-30(17-20-8-4-2-5-9-20)29-26(24)21-10-6-3-7-11-21/h2-13,16,18H,14-15,17H2,1H3,(H,28,33). The molecule has 1 aromatic heterocycles. The topological polar surface area (TPSA) is 67.2 Å². The summed E-state index contributed by atoms with van der Waals surface area (Å²) in [7, 11) is 0. The third-order valence-electron chi connectivity index (χ3n) is 5.85. The van der Waals surface area contributed by atoms with E-state index in [0.717, 1.165) is 28.8 Å². The van der Waals surface area contributed by atoms with Crippen LogP contribution in [0.15, 0.2) is 85.1 Å². The summed E-state index contributed by atoms with van der Waals surface area (Å²) in [4.78, 5) is 26.9. The zero-order valence-electron chi connectivity index (χ0n) is 18.4. The highest BCUT2D eigenvalue weighted by atomic mass is 16.2. The van der Waals surface area contributed by atoms with Crippen LogP contribution in [0.4, 0.5) is 11.4 Å². The van der Waals surface area contributed by atoms with Crippen molar-refractivity contribution in [1.82, 2.24) is 9.78 Å². The molecule has 0 bridgehead atoms. The summed E-state index contributed by atoms with van der Waals surface area (Å²) < 4.78 is 1.81. The number of amides is 2. The highest BCUT2D eigenvalue weighted by Crippen LogP contribution is 2.31. The van der Waals surface area contributed by atoms with E-state index in [4.69, 9.17) is 5.10 Å². The van der Waals surface area contributed by atoms with E-state index in [0.29, 0.717) is 30.0 Å². The van der Waals surface area contributed by atoms with Crippen molar-refractivity contribution in [2.24, 2.45) is 0 Å². The summed E-state index contributed by atoms with van der Waals surface area (Å²) in [6.45, 7) is 2.82. The second kappa shape index (κ2) is 8.74. The molecule has 6 heteroatoms. The second-order valence-corrected chi connectivity index (χ2v) is 8.16. The van der Waals surface area contributed by atoms with Crippen LogP contribution in [0, 0.1) is 0 Å². The summed E-state index contributed by atoms with van der Waals surface area (Å²) in [6.07, 6.45) is 2.58. The maximum absolute atomic E-state index is 13.3. The van der Waals surface area contributed by atoms with Gasteiger partial charge in [0.15, 0.2) is 0 Å². The number of aromatic nitrogens is 2. The van der Waals surface area contributed by atoms with Crippen LogP contribution in [0.5, 0.6) is 0 Å². The Bertz CT molecular complexity index is 1310. The van der Waals surface area contributed by atoms with Crippen molar-refractivity contribution < 1.29 is 9.59 Å². The minimum atomic E-state index is -0.213. The number of rotatable bonds is 5. The molecule has 6 nitrogen and oxygen atoms in total. The molecule has 5 rings (SSSR count). The van der Waals surface area contributed by atoms with Crippen LogP contribution in [0.1, 0.15) is 28.4 Å². The molecule has 0 spiro atoms. The van der Waals surface area contributed by atoms with Gasteiger partial charge in [-0.2, -0.15) is 5.10 Å². The number of benzene rings is 3. The summed E-state index contributed by atoms with van der Waals surface area (Å²) in [5, 5.41) is 7.76. The van der Waals surface area contributed by atoms with Crippen LogP contribution >= 0.6 is 0 Å². The Balaban J connectivity index is 1.44. The predicted octanol–water partition coefficient (Wildman–Crippen LogP) is 4.76. The molecule has 3 aromatic carbocycles. The van der Waals surface area contributed by atoms with Gasteiger partial charge < -0.3 is 10.2 Å². The maximum Gasteiger partial charge on any atom is 0.259 e. The smallest absolute Gasteiger partial charge is 0.259 e. The van der Waals surface area contributed by atoms with Crippen molar-refractivity contribution in [3.63, 3.8) is 0 Å². The fourth-order valence-electron chi connectivity index (χ4n) is 4.25. The van der Waals surface area contributed by atoms with Gasteiger partial charge in [0.25, 0.3) is 5.91 Å². The zero-order valence-corrected chi connectivity index (χ0v) is 18.4. The fraction of sp³-hybridized carbons (Fsp3) is 0.148. The van der Waals surface area contributed by atoms with Crippen LogP contribution in [0.2, 0.25) is 0 Å². The number of carbonyl (C=O) groups excluding carboxylic acids is 2. The molecule has 2 heterocycles. The van der Waals surface area contributed by atoms with E-state index in [1.807, 2.05) is 78.9 Å². The van der Waals surface area contributed by atoms with Crippen molar-refractivity contribution in [2.45, 2.75) is 19.9 Å². The maximum atomic E-state index is 13.3. The number of nitrogens with zero attached hydrogens (tertiary/aromatic N) is 3. The van der Waals surface area contributed by atoms with Crippen LogP contribution < -0.4 is 10.2 Å². The Morgan fingerprint density at radius 1 is 0.970 bits per heavy atom. The number of carbonyl (C=O) groups is 2. The molecule has 0 radical (unpaired) electrons. The van der Waals surface area contributed by atoms with Crippen molar-refractivity contribution in [2.75, 3.05) is 16.8 Å². The number of anilines is 2. The Morgan fingerprint density at radius 3 is 2.42 bits per heavy atom. The number of fused-ring (bicyclic) bond motifs is 1. The molecule has 0 saturated carbocycles. The molecule has 1 aliphatic rings. The monoisotopic (exact) mass is 436 g/mol. The first kappa shape index (κ1) is 20.7. The van der Waals surface area contributed by atoms with E-state index >= 15 is 0 Å². The molecule has 4 aromatic rings. The summed E-state index contributed by atoms with van der Waals surface area (Å²) in [5.41, 5.74) is 5.85. The molecule has 2 amide bonds. The first-order valence-corrected chi connectivity index (χ1v) is 11.0. The predicted molar refractivity (Wildman–Crippen MR) is 129 cm³/mol. The van der Waals surface area contributed by atoms with Crippen molar-refractivity contribution in [1.29, 1.82) is 0 Å². The molecular weight excluding hydrogens is 412 g/mol. The summed E-state index contributed by atoms with van der Waals surface area (Å²) >= 11 is 0. The van der Waals surface area contributed by atoms with Gasteiger partial charge in [0.05, 0.1) is 12.1 Å². The van der Waals surface area contributed by atoms with Gasteiger partial charge in [-0.15, -0.1) is 0 Å². The lowest BCUT2D eigenvalue weighted by atomic mass is 10.1. The Morgan fingerprint density at radius 2 is 1.70 bits per heavy atom. The highest BCUT2D eigenvalue weighted by molar-refractivity contribution is 6.08. The normalized spacial score (nSPS) is 12.5. The average molecular weight is 437 g/mol. The Kier molecular flexibility index (Phi) is 5.48. The van der Waals surface area contributed by atoms with Gasteiger partial charge in [-0.25, -0.2) is 0 Å². The molecule has 0 aliphatic carbocycles. The lowest BCUT2D eigenvalue weighted by molar-refractivity contribution is -0.116. The second-order valence-electron chi connectivity index (χ2n) is 8.16. The van der Waals surface area contributed by atoms with Crippen LogP contribution in [-0.2, 0) is 17.8 Å². The third-order valence-corrected chi connectivity index (χ3v) is 5.85. The van der Waals surface area contributed by atoms with Crippen molar-refractivity contribution >= 4 is 23.2 Å². The number of nitrogens with one attached hydrogen (secondary N) is 1. The van der Waals surface area contributed by atoms with E-state index < -0.39 is 0 Å². The SMILES string of the molecule is CC(=O)N1CCc2cc(NC(=O)c3cn(Cc4ccccc4)nc3-c3ccccc3)ccc21. The van der Waals surface area contributed by atoms with E-state index in [1.165, 1.54) is 0 Å². The fourth-order valence-corrected chi connectivity index (χ4v) is 4.25. The Labute approximate surface area is 192 Å². The van der Waals surface area contributed by atoms with Gasteiger partial charge in [0.2, 0.25) is 5.91 Å². The minimum Gasteiger partial charge on any atom is -0.322 e. The summed E-state index contributed by atoms with van der Waals surface area (Å²) in [6, 6.07) is 25.5. The van der Waals surface area contributed by atoms with E-state index in [9.17, 15) is 9.59 Å². The van der Waals surface area contributed by atoms with Gasteiger partial charge in [0, 0.05) is 36.6 Å². The van der Waals surface area contributed by atoms with Gasteiger partial charge in [-0.1, -0.05) is 60.7 Å². The van der Waals surface area contributed by atoms with Crippen molar-refractivity contribution in [3.8, 4) is 11.3 Å². The minimum absolute atomic E-state index is 0.0314. The molecule has 1 aliphatic heterocycles. The molecule has 0 fully saturated rings. The number of hydrogen-bond donors (Lipinski definition) is 1. The van der Waals surface area contributed by atoms with Crippen LogP contribution in [-0.4, -0.2) is 28.1 Å². The summed E-state index contributed by atoms with van der Waals surface area (Å²) in [5.74, 6) is -0.182. The molecule has 0 unspecified atom stereocenters. The largest absolute Gasteiger partial charge is 0.322 e. The molecular formula is C27H24N4O2. The average Bonchev–Trinajstić information content (AvgIpc) is 3.44. The molecule has 1 N–H and O–H groups in total. The Hall–Kier alpha value is -4.19. The number of hydrogen-bond acceptors (Lipinski definition) is 3. The van der Waals surface area contributed by atoms with E-state index in [1.54, 1.807) is 22.7 Å². The van der Waals surface area contributed by atoms with E-state index in [-0.39, 0.29) is 11.8 Å². The molecule has 0 atom stereocenters. The van der Waals surface area contributed by atoms with Crippen LogP contribution in [0.25, 0.3) is 11.3 Å². The molecule has 164 valence electrons. The van der Waals surface area contributed by atoms with E-state index in [2.05, 4.69) is 5.32 Å².